The Kier molecular flexibility index (Phi) is 6.72. The van der Waals surface area contributed by atoms with Gasteiger partial charge < -0.3 is 9.47 Å². The highest BCUT2D eigenvalue weighted by Crippen LogP contribution is 2.16. The van der Waals surface area contributed by atoms with E-state index in [0.29, 0.717) is 17.9 Å². The summed E-state index contributed by atoms with van der Waals surface area (Å²) in [6.45, 7) is 6.00. The Morgan fingerprint density at radius 3 is 2.33 bits per heavy atom. The molecule has 0 aliphatic rings. The van der Waals surface area contributed by atoms with E-state index in [4.69, 9.17) is 9.47 Å². The predicted octanol–water partition coefficient (Wildman–Crippen LogP) is 3.62. The van der Waals surface area contributed by atoms with Crippen molar-refractivity contribution in [2.75, 3.05) is 18.6 Å². The van der Waals surface area contributed by atoms with Crippen LogP contribution in [0.1, 0.15) is 44.0 Å². The minimum atomic E-state index is -0.426. The lowest BCUT2D eigenvalue weighted by Crippen LogP contribution is -2.27. The lowest BCUT2D eigenvalue weighted by Gasteiger charge is -2.17. The number of anilines is 1. The predicted molar refractivity (Wildman–Crippen MR) is 81.7 cm³/mol. The topological polar surface area (TPSA) is 55.8 Å². The zero-order valence-corrected chi connectivity index (χ0v) is 13.1. The van der Waals surface area contributed by atoms with Gasteiger partial charge in [0.05, 0.1) is 18.3 Å². The Bertz CT molecular complexity index is 470. The zero-order valence-electron chi connectivity index (χ0n) is 13.1. The molecule has 1 amide bonds. The highest BCUT2D eigenvalue weighted by atomic mass is 16.6. The van der Waals surface area contributed by atoms with E-state index in [1.807, 2.05) is 13.8 Å². The fourth-order valence-electron chi connectivity index (χ4n) is 1.86. The van der Waals surface area contributed by atoms with E-state index in [-0.39, 0.29) is 12.1 Å². The van der Waals surface area contributed by atoms with Gasteiger partial charge in [0.25, 0.3) is 0 Å². The number of hydrogen-bond acceptors (Lipinski definition) is 4. The molecule has 0 bridgehead atoms. The van der Waals surface area contributed by atoms with Gasteiger partial charge in [-0.05, 0) is 44.5 Å². The highest BCUT2D eigenvalue weighted by Gasteiger charge is 2.14. The van der Waals surface area contributed by atoms with Crippen LogP contribution in [0.25, 0.3) is 0 Å². The maximum atomic E-state index is 11.9. The number of ether oxygens (including phenoxy) is 2. The zero-order chi connectivity index (χ0) is 15.8. The van der Waals surface area contributed by atoms with Crippen LogP contribution in [0.15, 0.2) is 24.3 Å². The normalized spacial score (nSPS) is 11.6. The van der Waals surface area contributed by atoms with E-state index in [9.17, 15) is 9.59 Å². The van der Waals surface area contributed by atoms with E-state index in [1.54, 1.807) is 38.2 Å². The van der Waals surface area contributed by atoms with Gasteiger partial charge in [-0.3, -0.25) is 4.90 Å². The van der Waals surface area contributed by atoms with Crippen LogP contribution in [-0.4, -0.2) is 31.8 Å². The largest absolute Gasteiger partial charge is 0.459 e. The molecule has 0 fully saturated rings. The molecule has 0 heterocycles. The molecule has 1 aromatic rings. The standard InChI is InChI=1S/C16H23NO4/c1-5-7-12(3)21-15(18)13-8-10-14(11-9-13)17(4)16(19)20-6-2/h8-12H,5-7H2,1-4H3. The van der Waals surface area contributed by atoms with Gasteiger partial charge in [0, 0.05) is 12.7 Å². The number of esters is 1. The second-order valence-corrected chi connectivity index (χ2v) is 4.81. The Hall–Kier alpha value is -2.04. The number of carbonyl (C=O) groups excluding carboxylic acids is 2. The number of benzene rings is 1. The molecule has 1 atom stereocenters. The molecule has 0 spiro atoms. The molecule has 0 saturated heterocycles. The van der Waals surface area contributed by atoms with Crippen LogP contribution in [-0.2, 0) is 9.47 Å². The monoisotopic (exact) mass is 293 g/mol. The quantitative estimate of drug-likeness (QED) is 0.752. The molecule has 1 rings (SSSR count). The fourth-order valence-corrected chi connectivity index (χ4v) is 1.86. The summed E-state index contributed by atoms with van der Waals surface area (Å²) in [5.41, 5.74) is 1.13. The molecular formula is C16H23NO4. The van der Waals surface area contributed by atoms with Crippen molar-refractivity contribution in [2.24, 2.45) is 0 Å². The van der Waals surface area contributed by atoms with Crippen LogP contribution in [0.4, 0.5) is 10.5 Å². The minimum absolute atomic E-state index is 0.0932. The summed E-state index contributed by atoms with van der Waals surface area (Å²) in [5, 5.41) is 0. The summed E-state index contributed by atoms with van der Waals surface area (Å²) >= 11 is 0. The summed E-state index contributed by atoms with van der Waals surface area (Å²) in [6, 6.07) is 6.67. The smallest absolute Gasteiger partial charge is 0.413 e. The van der Waals surface area contributed by atoms with E-state index >= 15 is 0 Å². The first-order valence-corrected chi connectivity index (χ1v) is 7.21. The molecule has 0 N–H and O–H groups in total. The second-order valence-electron chi connectivity index (χ2n) is 4.81. The van der Waals surface area contributed by atoms with Crippen molar-refractivity contribution < 1.29 is 19.1 Å². The van der Waals surface area contributed by atoms with Crippen LogP contribution in [0.3, 0.4) is 0 Å². The first-order chi connectivity index (χ1) is 9.99. The molecule has 0 aromatic heterocycles. The van der Waals surface area contributed by atoms with Crippen molar-refractivity contribution in [2.45, 2.75) is 39.7 Å². The molecule has 1 unspecified atom stereocenters. The first kappa shape index (κ1) is 17.0. The molecule has 0 saturated carbocycles. The van der Waals surface area contributed by atoms with E-state index < -0.39 is 6.09 Å². The van der Waals surface area contributed by atoms with Crippen molar-refractivity contribution in [1.29, 1.82) is 0 Å². The third-order valence-corrected chi connectivity index (χ3v) is 3.04. The van der Waals surface area contributed by atoms with Crippen molar-refractivity contribution in [1.82, 2.24) is 0 Å². The fraction of sp³-hybridized carbons (Fsp3) is 0.500. The second kappa shape index (κ2) is 8.29. The molecule has 0 aliphatic carbocycles. The number of nitrogens with zero attached hydrogens (tertiary/aromatic N) is 1. The first-order valence-electron chi connectivity index (χ1n) is 7.21. The summed E-state index contributed by atoms with van der Waals surface area (Å²) in [4.78, 5) is 24.9. The summed E-state index contributed by atoms with van der Waals surface area (Å²) in [7, 11) is 1.62. The van der Waals surface area contributed by atoms with Crippen LogP contribution in [0.5, 0.6) is 0 Å². The Balaban J connectivity index is 2.69. The third kappa shape index (κ3) is 5.10. The van der Waals surface area contributed by atoms with Crippen molar-refractivity contribution in [3.8, 4) is 0 Å². The van der Waals surface area contributed by atoms with Gasteiger partial charge in [0.2, 0.25) is 0 Å². The molecule has 0 aliphatic heterocycles. The molecule has 1 aromatic carbocycles. The van der Waals surface area contributed by atoms with E-state index in [1.165, 1.54) is 4.90 Å². The molecule has 21 heavy (non-hydrogen) atoms. The lowest BCUT2D eigenvalue weighted by atomic mass is 10.2. The summed E-state index contributed by atoms with van der Waals surface area (Å²) in [5.74, 6) is -0.346. The van der Waals surface area contributed by atoms with Crippen LogP contribution in [0.2, 0.25) is 0 Å². The van der Waals surface area contributed by atoms with Gasteiger partial charge >= 0.3 is 12.1 Å². The van der Waals surface area contributed by atoms with Gasteiger partial charge in [0.15, 0.2) is 0 Å². The van der Waals surface area contributed by atoms with Crippen LogP contribution in [0, 0.1) is 0 Å². The Labute approximate surface area is 125 Å². The van der Waals surface area contributed by atoms with Gasteiger partial charge in [0.1, 0.15) is 0 Å². The van der Waals surface area contributed by atoms with Crippen LogP contribution < -0.4 is 4.90 Å². The molecule has 116 valence electrons. The number of carbonyl (C=O) groups is 2. The van der Waals surface area contributed by atoms with Gasteiger partial charge in [-0.2, -0.15) is 0 Å². The van der Waals surface area contributed by atoms with E-state index in [0.717, 1.165) is 12.8 Å². The summed E-state index contributed by atoms with van der Waals surface area (Å²) < 4.78 is 10.2. The molecule has 5 heteroatoms. The summed E-state index contributed by atoms with van der Waals surface area (Å²) in [6.07, 6.45) is 1.29. The number of rotatable bonds is 6. The number of amides is 1. The Morgan fingerprint density at radius 2 is 1.81 bits per heavy atom. The minimum Gasteiger partial charge on any atom is -0.459 e. The highest BCUT2D eigenvalue weighted by molar-refractivity contribution is 5.91. The maximum Gasteiger partial charge on any atom is 0.413 e. The van der Waals surface area contributed by atoms with Crippen LogP contribution >= 0.6 is 0 Å². The third-order valence-electron chi connectivity index (χ3n) is 3.04. The molecule has 5 nitrogen and oxygen atoms in total. The van der Waals surface area contributed by atoms with Crippen molar-refractivity contribution in [3.05, 3.63) is 29.8 Å². The SMILES string of the molecule is CCCC(C)OC(=O)c1ccc(N(C)C(=O)OCC)cc1. The van der Waals surface area contributed by atoms with Gasteiger partial charge in [-0.15, -0.1) is 0 Å². The molecular weight excluding hydrogens is 270 g/mol. The number of hydrogen-bond donors (Lipinski definition) is 0. The lowest BCUT2D eigenvalue weighted by molar-refractivity contribution is 0.0323. The van der Waals surface area contributed by atoms with Gasteiger partial charge in [-0.1, -0.05) is 13.3 Å². The average Bonchev–Trinajstić information content (AvgIpc) is 2.47. The molecule has 0 radical (unpaired) electrons. The Morgan fingerprint density at radius 1 is 1.19 bits per heavy atom. The maximum absolute atomic E-state index is 11.9. The van der Waals surface area contributed by atoms with Gasteiger partial charge in [-0.25, -0.2) is 9.59 Å². The van der Waals surface area contributed by atoms with Crippen molar-refractivity contribution in [3.63, 3.8) is 0 Å². The average molecular weight is 293 g/mol. The van der Waals surface area contributed by atoms with Crippen molar-refractivity contribution >= 4 is 17.7 Å². The van der Waals surface area contributed by atoms with E-state index in [2.05, 4.69) is 0 Å².